The molecule has 0 spiro atoms. The Hall–Kier alpha value is -2.75. The van der Waals surface area contributed by atoms with Crippen LogP contribution in [-0.2, 0) is 17.3 Å². The maximum Gasteiger partial charge on any atom is 0.226 e. The summed E-state index contributed by atoms with van der Waals surface area (Å²) >= 11 is 0. The summed E-state index contributed by atoms with van der Waals surface area (Å²) in [7, 11) is 4.08. The smallest absolute Gasteiger partial charge is 0.226 e. The first-order valence-electron chi connectivity index (χ1n) is 12.0. The predicted octanol–water partition coefficient (Wildman–Crippen LogP) is 7.72. The highest BCUT2D eigenvalue weighted by atomic mass is 16.4. The number of anilines is 1. The number of hydrogen-bond acceptors (Lipinski definition) is 4. The minimum absolute atomic E-state index is 0.206. The van der Waals surface area contributed by atoms with Gasteiger partial charge in [-0.3, -0.25) is 0 Å². The standard InChI is InChI=1S/C29H40N2O2/c1-10-11-12-24-25(19-13-15-21(16-14-19)31(8)9)30-27(33-24)20-17-22(28(2,3)4)26(32)23(18-20)29(5,6)7/h13-18,32H,10-12H2,1-9H3. The van der Waals surface area contributed by atoms with Gasteiger partial charge in [-0.05, 0) is 41.5 Å². The molecule has 33 heavy (non-hydrogen) atoms. The van der Waals surface area contributed by atoms with Gasteiger partial charge in [0.05, 0.1) is 0 Å². The fourth-order valence-corrected chi connectivity index (χ4v) is 4.03. The van der Waals surface area contributed by atoms with Gasteiger partial charge in [-0.25, -0.2) is 4.98 Å². The first kappa shape index (κ1) is 24.9. The van der Waals surface area contributed by atoms with E-state index in [0.717, 1.165) is 58.7 Å². The molecule has 2 aromatic carbocycles. The second-order valence-electron chi connectivity index (χ2n) is 11.3. The van der Waals surface area contributed by atoms with E-state index in [1.54, 1.807) is 0 Å². The summed E-state index contributed by atoms with van der Waals surface area (Å²) in [5, 5.41) is 11.1. The quantitative estimate of drug-likeness (QED) is 0.419. The average molecular weight is 449 g/mol. The van der Waals surface area contributed by atoms with Crippen molar-refractivity contribution in [2.45, 2.75) is 78.6 Å². The van der Waals surface area contributed by atoms with Crippen molar-refractivity contribution < 1.29 is 9.52 Å². The molecule has 0 fully saturated rings. The van der Waals surface area contributed by atoms with Crippen molar-refractivity contribution in [1.82, 2.24) is 4.98 Å². The lowest BCUT2D eigenvalue weighted by molar-refractivity contribution is 0.423. The van der Waals surface area contributed by atoms with E-state index in [1.807, 2.05) is 26.2 Å². The lowest BCUT2D eigenvalue weighted by Crippen LogP contribution is -2.17. The van der Waals surface area contributed by atoms with Crippen molar-refractivity contribution in [1.29, 1.82) is 0 Å². The number of phenolic OH excluding ortho intramolecular Hbond substituents is 1. The Labute approximate surface area is 199 Å². The molecule has 4 heteroatoms. The highest BCUT2D eigenvalue weighted by molar-refractivity contribution is 5.69. The maximum absolute atomic E-state index is 11.1. The predicted molar refractivity (Wildman–Crippen MR) is 139 cm³/mol. The first-order chi connectivity index (χ1) is 15.3. The molecule has 178 valence electrons. The van der Waals surface area contributed by atoms with Crippen molar-refractivity contribution in [2.24, 2.45) is 0 Å². The van der Waals surface area contributed by atoms with Crippen LogP contribution in [0.25, 0.3) is 22.7 Å². The molecule has 0 saturated carbocycles. The highest BCUT2D eigenvalue weighted by Crippen LogP contribution is 2.42. The number of nitrogens with zero attached hydrogens (tertiary/aromatic N) is 2. The molecule has 0 amide bonds. The Kier molecular flexibility index (Phi) is 6.97. The molecule has 1 aromatic heterocycles. The van der Waals surface area contributed by atoms with Crippen molar-refractivity contribution in [3.63, 3.8) is 0 Å². The third kappa shape index (κ3) is 5.43. The summed E-state index contributed by atoms with van der Waals surface area (Å²) in [4.78, 5) is 7.08. The second-order valence-corrected chi connectivity index (χ2v) is 11.3. The summed E-state index contributed by atoms with van der Waals surface area (Å²) in [6, 6.07) is 12.5. The van der Waals surface area contributed by atoms with Crippen LogP contribution in [0.1, 0.15) is 78.2 Å². The second kappa shape index (κ2) is 9.24. The van der Waals surface area contributed by atoms with E-state index < -0.39 is 0 Å². The first-order valence-corrected chi connectivity index (χ1v) is 12.0. The number of aryl methyl sites for hydroxylation is 1. The summed E-state index contributed by atoms with van der Waals surface area (Å²) in [5.74, 6) is 1.91. The largest absolute Gasteiger partial charge is 0.507 e. The van der Waals surface area contributed by atoms with Gasteiger partial charge in [0.2, 0.25) is 5.89 Å². The van der Waals surface area contributed by atoms with Gasteiger partial charge in [0.25, 0.3) is 0 Å². The van der Waals surface area contributed by atoms with Gasteiger partial charge in [0, 0.05) is 48.5 Å². The van der Waals surface area contributed by atoms with E-state index in [2.05, 4.69) is 77.6 Å². The zero-order valence-corrected chi connectivity index (χ0v) is 21.8. The molecule has 0 atom stereocenters. The molecular formula is C29H40N2O2. The molecule has 0 unspecified atom stereocenters. The van der Waals surface area contributed by atoms with Crippen LogP contribution in [-0.4, -0.2) is 24.2 Å². The minimum atomic E-state index is -0.206. The Bertz CT molecular complexity index is 1060. The van der Waals surface area contributed by atoms with Crippen LogP contribution in [0.2, 0.25) is 0 Å². The summed E-state index contributed by atoms with van der Waals surface area (Å²) < 4.78 is 6.41. The Morgan fingerprint density at radius 3 is 1.88 bits per heavy atom. The van der Waals surface area contributed by atoms with Crippen LogP contribution in [0, 0.1) is 0 Å². The summed E-state index contributed by atoms with van der Waals surface area (Å²) in [6.45, 7) is 14.9. The van der Waals surface area contributed by atoms with Gasteiger partial charge >= 0.3 is 0 Å². The van der Waals surface area contributed by atoms with E-state index in [-0.39, 0.29) is 10.8 Å². The van der Waals surface area contributed by atoms with Gasteiger partial charge in [-0.15, -0.1) is 0 Å². The van der Waals surface area contributed by atoms with Gasteiger partial charge in [0.15, 0.2) is 0 Å². The van der Waals surface area contributed by atoms with E-state index >= 15 is 0 Å². The highest BCUT2D eigenvalue weighted by Gasteiger charge is 2.28. The zero-order chi connectivity index (χ0) is 24.6. The molecule has 0 aliphatic carbocycles. The fourth-order valence-electron chi connectivity index (χ4n) is 4.03. The zero-order valence-electron chi connectivity index (χ0n) is 21.8. The van der Waals surface area contributed by atoms with E-state index in [4.69, 9.17) is 9.40 Å². The SMILES string of the molecule is CCCCc1oc(-c2cc(C(C)(C)C)c(O)c(C(C)(C)C)c2)nc1-c1ccc(N(C)C)cc1. The molecule has 0 bridgehead atoms. The number of unbranched alkanes of at least 4 members (excludes halogenated alkanes) is 1. The molecule has 0 aliphatic heterocycles. The monoisotopic (exact) mass is 448 g/mol. The Morgan fingerprint density at radius 1 is 0.879 bits per heavy atom. The number of aromatic nitrogens is 1. The minimum Gasteiger partial charge on any atom is -0.507 e. The van der Waals surface area contributed by atoms with Gasteiger partial charge < -0.3 is 14.4 Å². The molecule has 1 N–H and O–H groups in total. The molecule has 0 saturated heterocycles. The molecule has 0 radical (unpaired) electrons. The number of oxazole rings is 1. The number of hydrogen-bond donors (Lipinski definition) is 1. The lowest BCUT2D eigenvalue weighted by atomic mass is 9.78. The van der Waals surface area contributed by atoms with E-state index in [1.165, 1.54) is 0 Å². The van der Waals surface area contributed by atoms with Gasteiger partial charge in [0.1, 0.15) is 17.2 Å². The Morgan fingerprint density at radius 2 is 1.42 bits per heavy atom. The third-order valence-electron chi connectivity index (χ3n) is 6.08. The normalized spacial score (nSPS) is 12.3. The fraction of sp³-hybridized carbons (Fsp3) is 0.483. The van der Waals surface area contributed by atoms with Crippen molar-refractivity contribution in [2.75, 3.05) is 19.0 Å². The van der Waals surface area contributed by atoms with Crippen LogP contribution in [0.15, 0.2) is 40.8 Å². The molecule has 3 aromatic rings. The number of aromatic hydroxyl groups is 1. The molecular weight excluding hydrogens is 408 g/mol. The Balaban J connectivity index is 2.18. The van der Waals surface area contributed by atoms with Crippen LogP contribution < -0.4 is 4.90 Å². The molecule has 3 rings (SSSR count). The molecule has 4 nitrogen and oxygen atoms in total. The van der Waals surface area contributed by atoms with Crippen LogP contribution in [0.4, 0.5) is 5.69 Å². The topological polar surface area (TPSA) is 49.5 Å². The van der Waals surface area contributed by atoms with E-state index in [9.17, 15) is 5.11 Å². The van der Waals surface area contributed by atoms with Gasteiger partial charge in [-0.2, -0.15) is 0 Å². The summed E-state index contributed by atoms with van der Waals surface area (Å²) in [5.41, 5.74) is 5.45. The van der Waals surface area contributed by atoms with Crippen molar-refractivity contribution in [3.05, 3.63) is 53.3 Å². The molecule has 1 heterocycles. The van der Waals surface area contributed by atoms with Crippen molar-refractivity contribution >= 4 is 5.69 Å². The van der Waals surface area contributed by atoms with Gasteiger partial charge in [-0.1, -0.05) is 67.0 Å². The van der Waals surface area contributed by atoms with E-state index in [0.29, 0.717) is 11.6 Å². The van der Waals surface area contributed by atoms with Crippen LogP contribution >= 0.6 is 0 Å². The summed E-state index contributed by atoms with van der Waals surface area (Å²) in [6.07, 6.45) is 2.99. The maximum atomic E-state index is 11.1. The number of benzene rings is 2. The van der Waals surface area contributed by atoms with Crippen LogP contribution in [0.5, 0.6) is 5.75 Å². The third-order valence-corrected chi connectivity index (χ3v) is 6.08. The number of phenols is 1. The molecule has 0 aliphatic rings. The average Bonchev–Trinajstić information content (AvgIpc) is 3.15. The van der Waals surface area contributed by atoms with Crippen molar-refractivity contribution in [3.8, 4) is 28.5 Å². The van der Waals surface area contributed by atoms with Crippen LogP contribution in [0.3, 0.4) is 0 Å². The lowest BCUT2D eigenvalue weighted by Gasteiger charge is -2.27. The number of rotatable bonds is 6.